The lowest BCUT2D eigenvalue weighted by Crippen LogP contribution is -2.04. The van der Waals surface area contributed by atoms with Crippen LogP contribution in [0.25, 0.3) is 0 Å². The number of nitrogens with two attached hydrogens (primary N) is 1. The number of carbonyl (C=O) groups is 1. The van der Waals surface area contributed by atoms with Gasteiger partial charge in [0.05, 0.1) is 10.6 Å². The Morgan fingerprint density at radius 2 is 1.94 bits per heavy atom. The van der Waals surface area contributed by atoms with Crippen molar-refractivity contribution in [1.82, 2.24) is 0 Å². The van der Waals surface area contributed by atoms with Crippen molar-refractivity contribution in [1.29, 1.82) is 0 Å². The number of hydrogen-bond acceptors (Lipinski definition) is 3. The molecule has 0 unspecified atom stereocenters. The van der Waals surface area contributed by atoms with Crippen LogP contribution in [0.2, 0.25) is 0 Å². The van der Waals surface area contributed by atoms with Crippen LogP contribution in [0.1, 0.15) is 31.9 Å². The molecule has 0 bridgehead atoms. The SMILES string of the molecule is Cc1cccc(C(=O)c2c(N)sc(C)c2C)c1. The van der Waals surface area contributed by atoms with Crippen molar-refractivity contribution < 1.29 is 4.79 Å². The van der Waals surface area contributed by atoms with Crippen LogP contribution in [0.3, 0.4) is 0 Å². The van der Waals surface area contributed by atoms with Gasteiger partial charge in [-0.25, -0.2) is 0 Å². The van der Waals surface area contributed by atoms with Crippen LogP contribution in [-0.4, -0.2) is 5.78 Å². The minimum absolute atomic E-state index is 0.0213. The molecule has 0 saturated heterocycles. The van der Waals surface area contributed by atoms with Gasteiger partial charge < -0.3 is 5.73 Å². The Morgan fingerprint density at radius 3 is 2.47 bits per heavy atom. The van der Waals surface area contributed by atoms with Gasteiger partial charge in [0.2, 0.25) is 0 Å². The zero-order valence-electron chi connectivity index (χ0n) is 10.2. The lowest BCUT2D eigenvalue weighted by Gasteiger charge is -2.03. The molecule has 88 valence electrons. The first-order chi connectivity index (χ1) is 8.00. The largest absolute Gasteiger partial charge is 0.390 e. The van der Waals surface area contributed by atoms with E-state index in [0.717, 1.165) is 16.0 Å². The summed E-state index contributed by atoms with van der Waals surface area (Å²) in [5.41, 5.74) is 9.37. The Labute approximate surface area is 105 Å². The van der Waals surface area contributed by atoms with E-state index in [0.29, 0.717) is 16.1 Å². The summed E-state index contributed by atoms with van der Waals surface area (Å²) in [7, 11) is 0. The molecular formula is C14H15NOS. The number of carbonyl (C=O) groups excluding carboxylic acids is 1. The van der Waals surface area contributed by atoms with Crippen molar-refractivity contribution in [2.24, 2.45) is 0 Å². The fraction of sp³-hybridized carbons (Fsp3) is 0.214. The number of benzene rings is 1. The minimum Gasteiger partial charge on any atom is -0.390 e. The maximum Gasteiger partial charge on any atom is 0.196 e. The Balaban J connectivity index is 2.51. The Hall–Kier alpha value is -1.61. The van der Waals surface area contributed by atoms with Crippen molar-refractivity contribution >= 4 is 22.1 Å². The molecule has 0 saturated carbocycles. The van der Waals surface area contributed by atoms with E-state index in [2.05, 4.69) is 0 Å². The van der Waals surface area contributed by atoms with Crippen molar-refractivity contribution in [2.75, 3.05) is 5.73 Å². The summed E-state index contributed by atoms with van der Waals surface area (Å²) >= 11 is 1.48. The van der Waals surface area contributed by atoms with Gasteiger partial charge >= 0.3 is 0 Å². The van der Waals surface area contributed by atoms with Crippen LogP contribution in [0.15, 0.2) is 24.3 Å². The van der Waals surface area contributed by atoms with Gasteiger partial charge in [0.25, 0.3) is 0 Å². The quantitative estimate of drug-likeness (QED) is 0.823. The minimum atomic E-state index is 0.0213. The van der Waals surface area contributed by atoms with Gasteiger partial charge in [-0.05, 0) is 32.4 Å². The second-order valence-electron chi connectivity index (χ2n) is 4.22. The van der Waals surface area contributed by atoms with Gasteiger partial charge in [-0.15, -0.1) is 11.3 Å². The number of ketones is 1. The van der Waals surface area contributed by atoms with Crippen molar-refractivity contribution in [3.63, 3.8) is 0 Å². The summed E-state index contributed by atoms with van der Waals surface area (Å²) < 4.78 is 0. The predicted octanol–water partition coefficient (Wildman–Crippen LogP) is 3.49. The summed E-state index contributed by atoms with van der Waals surface area (Å²) in [5.74, 6) is 0.0213. The van der Waals surface area contributed by atoms with E-state index in [1.165, 1.54) is 11.3 Å². The molecule has 0 aliphatic heterocycles. The van der Waals surface area contributed by atoms with Crippen LogP contribution < -0.4 is 5.73 Å². The van der Waals surface area contributed by atoms with E-state index in [1.807, 2.05) is 45.0 Å². The Bertz CT molecular complexity index is 584. The molecule has 2 aromatic rings. The Morgan fingerprint density at radius 1 is 1.24 bits per heavy atom. The molecule has 0 aliphatic rings. The molecule has 2 rings (SSSR count). The van der Waals surface area contributed by atoms with Gasteiger partial charge in [-0.2, -0.15) is 0 Å². The summed E-state index contributed by atoms with van der Waals surface area (Å²) in [4.78, 5) is 13.5. The van der Waals surface area contributed by atoms with Gasteiger partial charge in [0, 0.05) is 10.4 Å². The molecular weight excluding hydrogens is 230 g/mol. The average molecular weight is 245 g/mol. The molecule has 2 nitrogen and oxygen atoms in total. The molecule has 1 aromatic heterocycles. The first kappa shape index (κ1) is 11.9. The normalized spacial score (nSPS) is 10.5. The number of anilines is 1. The van der Waals surface area contributed by atoms with Gasteiger partial charge in [-0.3, -0.25) is 4.79 Å². The third-order valence-corrected chi connectivity index (χ3v) is 3.96. The van der Waals surface area contributed by atoms with Crippen molar-refractivity contribution in [3.8, 4) is 0 Å². The van der Waals surface area contributed by atoms with E-state index in [-0.39, 0.29) is 5.78 Å². The fourth-order valence-electron chi connectivity index (χ4n) is 1.87. The molecule has 0 aliphatic carbocycles. The lowest BCUT2D eigenvalue weighted by molar-refractivity contribution is 0.103. The number of thiophene rings is 1. The van der Waals surface area contributed by atoms with Crippen LogP contribution in [0.5, 0.6) is 0 Å². The van der Waals surface area contributed by atoms with Crippen molar-refractivity contribution in [3.05, 3.63) is 51.4 Å². The molecule has 0 radical (unpaired) electrons. The molecule has 3 heteroatoms. The summed E-state index contributed by atoms with van der Waals surface area (Å²) in [6.07, 6.45) is 0. The fourth-order valence-corrected chi connectivity index (χ4v) is 2.80. The highest BCUT2D eigenvalue weighted by molar-refractivity contribution is 7.16. The molecule has 2 N–H and O–H groups in total. The highest BCUT2D eigenvalue weighted by Gasteiger charge is 2.18. The second-order valence-corrected chi connectivity index (χ2v) is 5.48. The predicted molar refractivity (Wildman–Crippen MR) is 72.8 cm³/mol. The maximum atomic E-state index is 12.4. The van der Waals surface area contributed by atoms with Crippen molar-refractivity contribution in [2.45, 2.75) is 20.8 Å². The third-order valence-electron chi connectivity index (χ3n) is 2.92. The maximum absolute atomic E-state index is 12.4. The van der Waals surface area contributed by atoms with E-state index >= 15 is 0 Å². The third kappa shape index (κ3) is 2.11. The standard InChI is InChI=1S/C14H15NOS/c1-8-5-4-6-11(7-8)13(16)12-9(2)10(3)17-14(12)15/h4-7H,15H2,1-3H3. The molecule has 0 spiro atoms. The zero-order chi connectivity index (χ0) is 12.6. The topological polar surface area (TPSA) is 43.1 Å². The van der Waals surface area contributed by atoms with E-state index in [4.69, 9.17) is 5.73 Å². The number of aryl methyl sites for hydroxylation is 2. The highest BCUT2D eigenvalue weighted by Crippen LogP contribution is 2.31. The van der Waals surface area contributed by atoms with Gasteiger partial charge in [0.1, 0.15) is 0 Å². The smallest absolute Gasteiger partial charge is 0.196 e. The molecule has 0 atom stereocenters. The summed E-state index contributed by atoms with van der Waals surface area (Å²) in [5, 5.41) is 0.617. The molecule has 0 fully saturated rings. The molecule has 1 heterocycles. The summed E-state index contributed by atoms with van der Waals surface area (Å²) in [6, 6.07) is 7.61. The molecule has 17 heavy (non-hydrogen) atoms. The summed E-state index contributed by atoms with van der Waals surface area (Å²) in [6.45, 7) is 5.92. The number of hydrogen-bond donors (Lipinski definition) is 1. The zero-order valence-corrected chi connectivity index (χ0v) is 11.0. The van der Waals surface area contributed by atoms with Gasteiger partial charge in [-0.1, -0.05) is 23.8 Å². The average Bonchev–Trinajstić information content (AvgIpc) is 2.52. The second kappa shape index (κ2) is 4.34. The van der Waals surface area contributed by atoms with E-state index in [1.54, 1.807) is 0 Å². The van der Waals surface area contributed by atoms with E-state index in [9.17, 15) is 4.79 Å². The van der Waals surface area contributed by atoms with Crippen LogP contribution in [-0.2, 0) is 0 Å². The highest BCUT2D eigenvalue weighted by atomic mass is 32.1. The van der Waals surface area contributed by atoms with Crippen LogP contribution in [0.4, 0.5) is 5.00 Å². The van der Waals surface area contributed by atoms with E-state index < -0.39 is 0 Å². The van der Waals surface area contributed by atoms with Crippen LogP contribution in [0, 0.1) is 20.8 Å². The monoisotopic (exact) mass is 245 g/mol. The van der Waals surface area contributed by atoms with Gasteiger partial charge in [0.15, 0.2) is 5.78 Å². The first-order valence-corrected chi connectivity index (χ1v) is 6.29. The molecule has 0 amide bonds. The van der Waals surface area contributed by atoms with Crippen LogP contribution >= 0.6 is 11.3 Å². The first-order valence-electron chi connectivity index (χ1n) is 5.47. The number of rotatable bonds is 2. The Kier molecular flexibility index (Phi) is 3.03. The number of nitrogen functional groups attached to an aromatic ring is 1. The lowest BCUT2D eigenvalue weighted by atomic mass is 10.00. The molecule has 1 aromatic carbocycles.